The Bertz CT molecular complexity index is 371. The summed E-state index contributed by atoms with van der Waals surface area (Å²) in [6.07, 6.45) is 3.44. The van der Waals surface area contributed by atoms with Gasteiger partial charge >= 0.3 is 5.76 Å². The molecule has 0 bridgehead atoms. The van der Waals surface area contributed by atoms with Crippen molar-refractivity contribution in [3.8, 4) is 0 Å². The van der Waals surface area contributed by atoms with E-state index in [1.54, 1.807) is 19.2 Å². The second-order valence-electron chi connectivity index (χ2n) is 2.27. The molecule has 0 spiro atoms. The van der Waals surface area contributed by atoms with Gasteiger partial charge in [0, 0.05) is 7.05 Å². The molecule has 1 rings (SSSR count). The highest BCUT2D eigenvalue weighted by Gasteiger charge is 2.08. The second kappa shape index (κ2) is 3.21. The predicted molar refractivity (Wildman–Crippen MR) is 47.9 cm³/mol. The zero-order valence-corrected chi connectivity index (χ0v) is 7.07. The number of allylic oxidation sites excluding steroid dienone is 1. The van der Waals surface area contributed by atoms with E-state index >= 15 is 0 Å². The van der Waals surface area contributed by atoms with Gasteiger partial charge in [-0.25, -0.2) is 9.79 Å². The van der Waals surface area contributed by atoms with Crippen LogP contribution in [0.1, 0.15) is 12.7 Å². The molecule has 0 atom stereocenters. The molecular formula is C8H10N2O2. The molecular weight excluding hydrogens is 156 g/mol. The van der Waals surface area contributed by atoms with E-state index in [1.807, 2.05) is 6.92 Å². The van der Waals surface area contributed by atoms with Crippen LogP contribution in [-0.4, -0.2) is 11.3 Å². The minimum Gasteiger partial charge on any atom is -0.406 e. The lowest BCUT2D eigenvalue weighted by Gasteiger charge is -1.90. The van der Waals surface area contributed by atoms with E-state index in [9.17, 15) is 4.79 Å². The highest BCUT2D eigenvalue weighted by atomic mass is 16.4. The summed E-state index contributed by atoms with van der Waals surface area (Å²) in [5.41, 5.74) is 0. The summed E-state index contributed by atoms with van der Waals surface area (Å²) in [4.78, 5) is 14.6. The maximum absolute atomic E-state index is 11.0. The third kappa shape index (κ3) is 1.23. The van der Waals surface area contributed by atoms with Crippen LogP contribution < -0.4 is 5.76 Å². The van der Waals surface area contributed by atoms with Crippen molar-refractivity contribution in [2.75, 3.05) is 0 Å². The number of nitrogens with zero attached hydrogens (tertiary/aromatic N) is 2. The molecule has 0 amide bonds. The van der Waals surface area contributed by atoms with Crippen molar-refractivity contribution in [1.82, 2.24) is 4.57 Å². The second-order valence-corrected chi connectivity index (χ2v) is 2.27. The zero-order chi connectivity index (χ0) is 9.14. The topological polar surface area (TPSA) is 47.5 Å². The van der Waals surface area contributed by atoms with Gasteiger partial charge in [-0.2, -0.15) is 0 Å². The van der Waals surface area contributed by atoms with Gasteiger partial charge in [-0.15, -0.1) is 0 Å². The fraction of sp³-hybridized carbons (Fsp3) is 0.250. The first-order valence-corrected chi connectivity index (χ1v) is 3.50. The summed E-state index contributed by atoms with van der Waals surface area (Å²) < 4.78 is 6.17. The molecule has 1 aromatic rings. The number of oxazole rings is 1. The summed E-state index contributed by atoms with van der Waals surface area (Å²) >= 11 is 0. The lowest BCUT2D eigenvalue weighted by Crippen LogP contribution is -2.07. The van der Waals surface area contributed by atoms with Gasteiger partial charge in [-0.1, -0.05) is 6.08 Å². The molecule has 0 aliphatic heterocycles. The minimum absolute atomic E-state index is 0.425. The Morgan fingerprint density at radius 2 is 2.33 bits per heavy atom. The van der Waals surface area contributed by atoms with E-state index < -0.39 is 5.76 Å². The van der Waals surface area contributed by atoms with Crippen LogP contribution in [-0.2, 0) is 7.05 Å². The van der Waals surface area contributed by atoms with Crippen molar-refractivity contribution in [1.29, 1.82) is 0 Å². The van der Waals surface area contributed by atoms with Gasteiger partial charge in [-0.05, 0) is 19.7 Å². The van der Waals surface area contributed by atoms with E-state index in [0.29, 0.717) is 11.6 Å². The van der Waals surface area contributed by atoms with E-state index in [-0.39, 0.29) is 0 Å². The van der Waals surface area contributed by atoms with Crippen LogP contribution in [0.4, 0.5) is 5.82 Å². The summed E-state index contributed by atoms with van der Waals surface area (Å²) in [6, 6.07) is 0. The summed E-state index contributed by atoms with van der Waals surface area (Å²) in [5, 5.41) is 0. The molecule has 0 unspecified atom stereocenters. The van der Waals surface area contributed by atoms with Crippen LogP contribution >= 0.6 is 0 Å². The number of rotatable bonds is 2. The van der Waals surface area contributed by atoms with Crippen LogP contribution in [0.15, 0.2) is 20.3 Å². The quantitative estimate of drug-likeness (QED) is 0.622. The number of hydrogen-bond acceptors (Lipinski definition) is 3. The fourth-order valence-corrected chi connectivity index (χ4v) is 0.904. The third-order valence-electron chi connectivity index (χ3n) is 1.48. The first kappa shape index (κ1) is 8.52. The Hall–Kier alpha value is -1.58. The van der Waals surface area contributed by atoms with E-state index in [2.05, 4.69) is 11.7 Å². The van der Waals surface area contributed by atoms with Gasteiger partial charge in [0.2, 0.25) is 0 Å². The van der Waals surface area contributed by atoms with Gasteiger partial charge in [0.05, 0.1) is 0 Å². The van der Waals surface area contributed by atoms with Gasteiger partial charge in [-0.3, -0.25) is 4.57 Å². The van der Waals surface area contributed by atoms with Gasteiger partial charge < -0.3 is 4.42 Å². The van der Waals surface area contributed by atoms with Crippen molar-refractivity contribution >= 4 is 18.6 Å². The lowest BCUT2D eigenvalue weighted by atomic mass is 10.4. The summed E-state index contributed by atoms with van der Waals surface area (Å²) in [7, 11) is 1.59. The van der Waals surface area contributed by atoms with Crippen LogP contribution in [0.25, 0.3) is 6.08 Å². The third-order valence-corrected chi connectivity index (χ3v) is 1.48. The lowest BCUT2D eigenvalue weighted by molar-refractivity contribution is 0.487. The Kier molecular flexibility index (Phi) is 2.28. The molecule has 0 saturated heterocycles. The Balaban J connectivity index is 3.38. The molecule has 1 aromatic heterocycles. The molecule has 12 heavy (non-hydrogen) atoms. The zero-order valence-electron chi connectivity index (χ0n) is 7.07. The van der Waals surface area contributed by atoms with Crippen molar-refractivity contribution < 1.29 is 4.42 Å². The normalized spacial score (nSPS) is 10.8. The average Bonchev–Trinajstić information content (AvgIpc) is 2.29. The van der Waals surface area contributed by atoms with Crippen LogP contribution in [0.5, 0.6) is 0 Å². The van der Waals surface area contributed by atoms with Gasteiger partial charge in [0.1, 0.15) is 0 Å². The SMILES string of the molecule is C=Nc1c(/C=C\C)oc(=O)n1C. The van der Waals surface area contributed by atoms with Crippen LogP contribution in [0.3, 0.4) is 0 Å². The van der Waals surface area contributed by atoms with Gasteiger partial charge in [0.15, 0.2) is 11.6 Å². The van der Waals surface area contributed by atoms with Gasteiger partial charge in [0.25, 0.3) is 0 Å². The van der Waals surface area contributed by atoms with E-state index in [0.717, 1.165) is 0 Å². The van der Waals surface area contributed by atoms with Crippen molar-refractivity contribution in [2.45, 2.75) is 6.92 Å². The first-order chi connectivity index (χ1) is 5.70. The Morgan fingerprint density at radius 3 is 2.83 bits per heavy atom. The smallest absolute Gasteiger partial charge is 0.406 e. The van der Waals surface area contributed by atoms with Crippen molar-refractivity contribution in [3.05, 3.63) is 22.4 Å². The largest absolute Gasteiger partial charge is 0.420 e. The molecule has 0 aromatic carbocycles. The molecule has 64 valence electrons. The molecule has 0 N–H and O–H groups in total. The average molecular weight is 166 g/mol. The number of hydrogen-bond donors (Lipinski definition) is 0. The first-order valence-electron chi connectivity index (χ1n) is 3.50. The molecule has 0 saturated carbocycles. The molecule has 1 heterocycles. The molecule has 0 radical (unpaired) electrons. The molecule has 4 nitrogen and oxygen atoms in total. The summed E-state index contributed by atoms with van der Waals surface area (Å²) in [5.74, 6) is 0.476. The molecule has 4 heteroatoms. The minimum atomic E-state index is -0.425. The summed E-state index contributed by atoms with van der Waals surface area (Å²) in [6.45, 7) is 5.18. The molecule has 0 fully saturated rings. The maximum atomic E-state index is 11.0. The fourth-order valence-electron chi connectivity index (χ4n) is 0.904. The van der Waals surface area contributed by atoms with E-state index in [4.69, 9.17) is 4.42 Å². The highest BCUT2D eigenvalue weighted by Crippen LogP contribution is 2.16. The monoisotopic (exact) mass is 166 g/mol. The van der Waals surface area contributed by atoms with Crippen LogP contribution in [0.2, 0.25) is 0 Å². The van der Waals surface area contributed by atoms with Crippen molar-refractivity contribution in [3.63, 3.8) is 0 Å². The molecule has 0 aliphatic carbocycles. The van der Waals surface area contributed by atoms with Crippen molar-refractivity contribution in [2.24, 2.45) is 12.0 Å². The highest BCUT2D eigenvalue weighted by molar-refractivity contribution is 5.57. The van der Waals surface area contributed by atoms with E-state index in [1.165, 1.54) is 4.57 Å². The standard InChI is InChI=1S/C8H10N2O2/c1-4-5-6-7(9-2)10(3)8(11)12-6/h4-5H,2H2,1,3H3/b5-4-. The Labute approximate surface area is 69.8 Å². The Morgan fingerprint density at radius 1 is 1.67 bits per heavy atom. The maximum Gasteiger partial charge on any atom is 0.420 e. The number of aliphatic imine (C=N–C) groups is 1. The number of aromatic nitrogens is 1. The molecule has 0 aliphatic rings. The predicted octanol–water partition coefficient (Wildman–Crippen LogP) is 1.34. The van der Waals surface area contributed by atoms with Crippen LogP contribution in [0, 0.1) is 0 Å².